The first-order chi connectivity index (χ1) is 18.9. The number of nitrogens with one attached hydrogen (secondary N) is 1. The first-order valence-corrected chi connectivity index (χ1v) is 13.6. The SMILES string of the molecule is CCCN(CC(=O)N(CCc1ccc(OC)c(OC)c1)Cc1cccs1)C(=O)Nc1cc(OC)cc(OC)c1. The van der Waals surface area contributed by atoms with Gasteiger partial charge in [-0.1, -0.05) is 19.1 Å². The van der Waals surface area contributed by atoms with Gasteiger partial charge in [-0.2, -0.15) is 0 Å². The molecule has 0 aliphatic carbocycles. The van der Waals surface area contributed by atoms with Crippen LogP contribution in [0.2, 0.25) is 0 Å². The second-order valence-electron chi connectivity index (χ2n) is 8.79. The van der Waals surface area contributed by atoms with Gasteiger partial charge in [-0.25, -0.2) is 4.79 Å². The molecule has 0 saturated heterocycles. The van der Waals surface area contributed by atoms with E-state index in [4.69, 9.17) is 18.9 Å². The third-order valence-corrected chi connectivity index (χ3v) is 6.97. The fourth-order valence-electron chi connectivity index (χ4n) is 4.05. The Hall–Kier alpha value is -3.92. The molecule has 0 atom stereocenters. The molecule has 0 aliphatic rings. The van der Waals surface area contributed by atoms with Gasteiger partial charge in [-0.3, -0.25) is 4.79 Å². The lowest BCUT2D eigenvalue weighted by atomic mass is 10.1. The van der Waals surface area contributed by atoms with E-state index >= 15 is 0 Å². The Kier molecular flexibility index (Phi) is 11.3. The molecule has 210 valence electrons. The minimum atomic E-state index is -0.364. The van der Waals surface area contributed by atoms with Crippen molar-refractivity contribution in [2.45, 2.75) is 26.3 Å². The highest BCUT2D eigenvalue weighted by Gasteiger charge is 2.22. The van der Waals surface area contributed by atoms with E-state index in [-0.39, 0.29) is 18.5 Å². The monoisotopic (exact) mass is 555 g/mol. The third kappa shape index (κ3) is 8.54. The van der Waals surface area contributed by atoms with Crippen LogP contribution in [0.15, 0.2) is 53.9 Å². The number of nitrogens with zero attached hydrogens (tertiary/aromatic N) is 2. The maximum Gasteiger partial charge on any atom is 0.322 e. The molecule has 1 N–H and O–H groups in total. The molecular weight excluding hydrogens is 518 g/mol. The predicted octanol–water partition coefficient (Wildman–Crippen LogP) is 5.30. The molecule has 3 aromatic rings. The Morgan fingerprint density at radius 2 is 1.56 bits per heavy atom. The van der Waals surface area contributed by atoms with E-state index in [0.717, 1.165) is 10.4 Å². The summed E-state index contributed by atoms with van der Waals surface area (Å²) >= 11 is 1.60. The molecule has 1 aromatic heterocycles. The summed E-state index contributed by atoms with van der Waals surface area (Å²) in [5, 5.41) is 4.87. The Morgan fingerprint density at radius 3 is 2.15 bits per heavy atom. The number of anilines is 1. The van der Waals surface area contributed by atoms with Gasteiger partial charge < -0.3 is 34.1 Å². The third-order valence-electron chi connectivity index (χ3n) is 6.11. The minimum absolute atomic E-state index is 0.0436. The minimum Gasteiger partial charge on any atom is -0.497 e. The summed E-state index contributed by atoms with van der Waals surface area (Å²) in [6.45, 7) is 3.32. The second-order valence-corrected chi connectivity index (χ2v) is 9.82. The summed E-state index contributed by atoms with van der Waals surface area (Å²) in [5.74, 6) is 2.28. The van der Waals surface area contributed by atoms with Crippen LogP contribution in [0.4, 0.5) is 10.5 Å². The molecule has 0 fully saturated rings. The van der Waals surface area contributed by atoms with Crippen molar-refractivity contribution in [2.24, 2.45) is 0 Å². The van der Waals surface area contributed by atoms with Crippen LogP contribution in [0.1, 0.15) is 23.8 Å². The lowest BCUT2D eigenvalue weighted by molar-refractivity contribution is -0.132. The highest BCUT2D eigenvalue weighted by atomic mass is 32.1. The number of carbonyl (C=O) groups excluding carboxylic acids is 2. The van der Waals surface area contributed by atoms with Crippen LogP contribution in [0, 0.1) is 0 Å². The van der Waals surface area contributed by atoms with Gasteiger partial charge in [0.15, 0.2) is 11.5 Å². The van der Waals surface area contributed by atoms with Crippen molar-refractivity contribution in [1.82, 2.24) is 9.80 Å². The van der Waals surface area contributed by atoms with E-state index in [2.05, 4.69) is 5.32 Å². The fraction of sp³-hybridized carbons (Fsp3) is 0.379. The van der Waals surface area contributed by atoms with Crippen molar-refractivity contribution in [2.75, 3.05) is 53.4 Å². The van der Waals surface area contributed by atoms with Gasteiger partial charge in [0.1, 0.15) is 18.0 Å². The van der Waals surface area contributed by atoms with Crippen molar-refractivity contribution in [3.63, 3.8) is 0 Å². The van der Waals surface area contributed by atoms with Crippen molar-refractivity contribution >= 4 is 29.0 Å². The van der Waals surface area contributed by atoms with E-state index in [0.29, 0.717) is 61.2 Å². The zero-order chi connectivity index (χ0) is 28.2. The van der Waals surface area contributed by atoms with Crippen molar-refractivity contribution in [1.29, 1.82) is 0 Å². The molecule has 0 bridgehead atoms. The number of amides is 3. The highest BCUT2D eigenvalue weighted by Crippen LogP contribution is 2.28. The molecule has 0 unspecified atom stereocenters. The van der Waals surface area contributed by atoms with Crippen molar-refractivity contribution < 1.29 is 28.5 Å². The zero-order valence-corrected chi connectivity index (χ0v) is 24.0. The number of hydrogen-bond acceptors (Lipinski definition) is 7. The number of thiophene rings is 1. The number of carbonyl (C=O) groups is 2. The number of hydrogen-bond donors (Lipinski definition) is 1. The maximum atomic E-state index is 13.6. The molecule has 0 aliphatic heterocycles. The Bertz CT molecular complexity index is 1200. The topological polar surface area (TPSA) is 89.6 Å². The number of urea groups is 1. The Balaban J connectivity index is 1.74. The molecule has 0 radical (unpaired) electrons. The van der Waals surface area contributed by atoms with Gasteiger partial charge in [0, 0.05) is 41.9 Å². The van der Waals surface area contributed by atoms with Crippen LogP contribution in [0.5, 0.6) is 23.0 Å². The zero-order valence-electron chi connectivity index (χ0n) is 23.2. The molecule has 39 heavy (non-hydrogen) atoms. The van der Waals surface area contributed by atoms with Gasteiger partial charge in [-0.15, -0.1) is 11.3 Å². The second kappa shape index (κ2) is 14.9. The molecule has 9 nitrogen and oxygen atoms in total. The van der Waals surface area contributed by atoms with Crippen LogP contribution in [-0.4, -0.2) is 69.8 Å². The van der Waals surface area contributed by atoms with Gasteiger partial charge in [-0.05, 0) is 42.0 Å². The molecule has 1 heterocycles. The summed E-state index contributed by atoms with van der Waals surface area (Å²) < 4.78 is 21.4. The van der Waals surface area contributed by atoms with Crippen LogP contribution in [0.25, 0.3) is 0 Å². The van der Waals surface area contributed by atoms with E-state index in [9.17, 15) is 9.59 Å². The average Bonchev–Trinajstić information content (AvgIpc) is 3.47. The molecule has 2 aromatic carbocycles. The highest BCUT2D eigenvalue weighted by molar-refractivity contribution is 7.09. The standard InChI is InChI=1S/C29H37N3O6S/c1-6-12-32(29(34)30-22-16-23(35-2)18-24(17-22)36-3)20-28(33)31(19-25-8-7-14-39-25)13-11-21-9-10-26(37-4)27(15-21)38-5/h7-10,14-18H,6,11-13,19-20H2,1-5H3,(H,30,34). The summed E-state index contributed by atoms with van der Waals surface area (Å²) in [7, 11) is 6.30. The largest absolute Gasteiger partial charge is 0.497 e. The summed E-state index contributed by atoms with van der Waals surface area (Å²) in [6, 6.07) is 14.5. The first-order valence-electron chi connectivity index (χ1n) is 12.7. The van der Waals surface area contributed by atoms with Crippen LogP contribution in [0.3, 0.4) is 0 Å². The summed E-state index contributed by atoms with van der Waals surface area (Å²) in [4.78, 5) is 31.2. The first kappa shape index (κ1) is 29.6. The van der Waals surface area contributed by atoms with Gasteiger partial charge in [0.2, 0.25) is 5.91 Å². The quantitative estimate of drug-likeness (QED) is 0.291. The van der Waals surface area contributed by atoms with Gasteiger partial charge >= 0.3 is 6.03 Å². The molecule has 3 amide bonds. The van der Waals surface area contributed by atoms with Gasteiger partial charge in [0.05, 0.1) is 35.0 Å². The number of methoxy groups -OCH3 is 4. The lowest BCUT2D eigenvalue weighted by Crippen LogP contribution is -2.45. The molecule has 10 heteroatoms. The van der Waals surface area contributed by atoms with E-state index in [1.807, 2.05) is 42.6 Å². The number of rotatable bonds is 14. The van der Waals surface area contributed by atoms with Crippen molar-refractivity contribution in [3.8, 4) is 23.0 Å². The molecule has 3 rings (SSSR count). The van der Waals surface area contributed by atoms with E-state index in [1.54, 1.807) is 62.9 Å². The smallest absolute Gasteiger partial charge is 0.322 e. The van der Waals surface area contributed by atoms with Crippen LogP contribution >= 0.6 is 11.3 Å². The fourth-order valence-corrected chi connectivity index (χ4v) is 4.77. The lowest BCUT2D eigenvalue weighted by Gasteiger charge is -2.28. The molecular formula is C29H37N3O6S. The van der Waals surface area contributed by atoms with Gasteiger partial charge in [0.25, 0.3) is 0 Å². The average molecular weight is 556 g/mol. The van der Waals surface area contributed by atoms with E-state index < -0.39 is 0 Å². The number of ether oxygens (including phenoxy) is 4. The van der Waals surface area contributed by atoms with Crippen LogP contribution in [-0.2, 0) is 17.8 Å². The predicted molar refractivity (Wildman–Crippen MR) is 153 cm³/mol. The van der Waals surface area contributed by atoms with Crippen LogP contribution < -0.4 is 24.3 Å². The summed E-state index contributed by atoms with van der Waals surface area (Å²) in [5.41, 5.74) is 1.54. The Morgan fingerprint density at radius 1 is 0.846 bits per heavy atom. The Labute approximate surface area is 234 Å². The molecule has 0 saturated carbocycles. The normalized spacial score (nSPS) is 10.5. The molecule has 0 spiro atoms. The number of benzene rings is 2. The maximum absolute atomic E-state index is 13.6. The summed E-state index contributed by atoms with van der Waals surface area (Å²) in [6.07, 6.45) is 1.33. The van der Waals surface area contributed by atoms with Crippen molar-refractivity contribution in [3.05, 3.63) is 64.4 Å². The van der Waals surface area contributed by atoms with E-state index in [1.165, 1.54) is 4.90 Å².